The lowest BCUT2D eigenvalue weighted by atomic mass is 10.2. The second kappa shape index (κ2) is 3.19. The summed E-state index contributed by atoms with van der Waals surface area (Å²) in [6, 6.07) is 1.91. The summed E-state index contributed by atoms with van der Waals surface area (Å²) in [5, 5.41) is 8.52. The lowest BCUT2D eigenvalue weighted by Crippen LogP contribution is -2.21. The number of nitrogens with two attached hydrogens (primary N) is 2. The number of aliphatic carboxylic acids is 1. The third kappa shape index (κ3) is 1.70. The predicted molar refractivity (Wildman–Crippen MR) is 43.2 cm³/mol. The van der Waals surface area contributed by atoms with E-state index in [2.05, 4.69) is 4.98 Å². The molecule has 1 heterocycles. The van der Waals surface area contributed by atoms with Gasteiger partial charge in [-0.1, -0.05) is 0 Å². The van der Waals surface area contributed by atoms with Gasteiger partial charge in [-0.15, -0.1) is 0 Å². The van der Waals surface area contributed by atoms with E-state index in [4.69, 9.17) is 16.6 Å². The first-order chi connectivity index (χ1) is 5.61. The Morgan fingerprint density at radius 3 is 2.83 bits per heavy atom. The maximum Gasteiger partial charge on any atom is 0.326 e. The van der Waals surface area contributed by atoms with E-state index in [0.29, 0.717) is 5.69 Å². The van der Waals surface area contributed by atoms with Crippen LogP contribution in [0.4, 0.5) is 5.69 Å². The molecule has 0 radical (unpaired) electrons. The number of carboxylic acid groups (broad SMARTS) is 1. The van der Waals surface area contributed by atoms with E-state index >= 15 is 0 Å². The van der Waals surface area contributed by atoms with Gasteiger partial charge in [-0.2, -0.15) is 0 Å². The summed E-state index contributed by atoms with van der Waals surface area (Å²) in [7, 11) is 0. The highest BCUT2D eigenvalue weighted by Gasteiger charge is 2.15. The lowest BCUT2D eigenvalue weighted by Gasteiger charge is -2.04. The smallest absolute Gasteiger partial charge is 0.326 e. The van der Waals surface area contributed by atoms with Gasteiger partial charge < -0.3 is 16.6 Å². The van der Waals surface area contributed by atoms with Gasteiger partial charge in [-0.25, -0.2) is 0 Å². The molecule has 0 aliphatic carbocycles. The molecule has 1 atom stereocenters. The number of anilines is 1. The molecular formula is C7H9N3O2. The monoisotopic (exact) mass is 167 g/mol. The summed E-state index contributed by atoms with van der Waals surface area (Å²) in [6.45, 7) is 0. The van der Waals surface area contributed by atoms with Crippen LogP contribution in [0.1, 0.15) is 11.7 Å². The Kier molecular flexibility index (Phi) is 2.25. The fourth-order valence-electron chi connectivity index (χ4n) is 0.762. The minimum atomic E-state index is -1.12. The number of hydrogen-bond donors (Lipinski definition) is 3. The van der Waals surface area contributed by atoms with Gasteiger partial charge in [0.25, 0.3) is 0 Å². The molecule has 5 heteroatoms. The zero-order valence-electron chi connectivity index (χ0n) is 6.27. The second-order valence-electron chi connectivity index (χ2n) is 2.33. The molecule has 0 bridgehead atoms. The van der Waals surface area contributed by atoms with E-state index in [1.165, 1.54) is 12.3 Å². The van der Waals surface area contributed by atoms with Crippen molar-refractivity contribution < 1.29 is 9.90 Å². The average Bonchev–Trinajstić information content (AvgIpc) is 2.03. The molecule has 0 saturated carbocycles. The Morgan fingerprint density at radius 2 is 2.33 bits per heavy atom. The fourth-order valence-corrected chi connectivity index (χ4v) is 0.762. The molecule has 12 heavy (non-hydrogen) atoms. The molecule has 0 spiro atoms. The Bertz CT molecular complexity index is 300. The molecular weight excluding hydrogens is 158 g/mol. The van der Waals surface area contributed by atoms with Crippen LogP contribution < -0.4 is 11.5 Å². The van der Waals surface area contributed by atoms with Crippen LogP contribution in [0.2, 0.25) is 0 Å². The van der Waals surface area contributed by atoms with Crippen molar-refractivity contribution in [1.29, 1.82) is 0 Å². The van der Waals surface area contributed by atoms with Gasteiger partial charge in [0.1, 0.15) is 6.04 Å². The number of carbonyl (C=O) groups is 1. The topological polar surface area (TPSA) is 102 Å². The number of hydrogen-bond acceptors (Lipinski definition) is 4. The summed E-state index contributed by atoms with van der Waals surface area (Å²) in [5.41, 5.74) is 11.4. The van der Waals surface area contributed by atoms with E-state index in [9.17, 15) is 4.79 Å². The number of nitrogens with zero attached hydrogens (tertiary/aromatic N) is 1. The Morgan fingerprint density at radius 1 is 1.67 bits per heavy atom. The summed E-state index contributed by atoms with van der Waals surface area (Å²) >= 11 is 0. The van der Waals surface area contributed by atoms with Crippen LogP contribution in [0.15, 0.2) is 18.3 Å². The molecule has 0 aromatic carbocycles. The Labute approximate surface area is 69.0 Å². The summed E-state index contributed by atoms with van der Waals surface area (Å²) in [6.07, 6.45) is 1.42. The Hall–Kier alpha value is -1.62. The molecule has 0 fully saturated rings. The first-order valence-corrected chi connectivity index (χ1v) is 3.31. The van der Waals surface area contributed by atoms with Crippen LogP contribution in [0.3, 0.4) is 0 Å². The van der Waals surface area contributed by atoms with Crippen molar-refractivity contribution in [3.8, 4) is 0 Å². The molecule has 1 aromatic rings. The highest BCUT2D eigenvalue weighted by Crippen LogP contribution is 2.09. The van der Waals surface area contributed by atoms with Crippen molar-refractivity contribution in [1.82, 2.24) is 4.98 Å². The molecule has 5 N–H and O–H groups in total. The van der Waals surface area contributed by atoms with Gasteiger partial charge in [-0.05, 0) is 12.1 Å². The summed E-state index contributed by atoms with van der Waals surface area (Å²) in [5.74, 6) is -1.12. The molecule has 1 aromatic heterocycles. The van der Waals surface area contributed by atoms with Crippen LogP contribution >= 0.6 is 0 Å². The second-order valence-corrected chi connectivity index (χ2v) is 2.33. The van der Waals surface area contributed by atoms with E-state index < -0.39 is 12.0 Å². The molecule has 0 saturated heterocycles. The highest BCUT2D eigenvalue weighted by molar-refractivity contribution is 5.74. The van der Waals surface area contributed by atoms with Crippen molar-refractivity contribution in [2.45, 2.75) is 6.04 Å². The van der Waals surface area contributed by atoms with Crippen LogP contribution in [-0.4, -0.2) is 16.1 Å². The first-order valence-electron chi connectivity index (χ1n) is 3.31. The number of rotatable bonds is 2. The standard InChI is InChI=1S/C7H9N3O2/c8-4-1-2-10-5(3-4)6(9)7(11)12/h1-3,6H,9H2,(H2,8,10)(H,11,12)/t6-/m1/s1. The largest absolute Gasteiger partial charge is 0.480 e. The summed E-state index contributed by atoms with van der Waals surface area (Å²) in [4.78, 5) is 14.2. The average molecular weight is 167 g/mol. The lowest BCUT2D eigenvalue weighted by molar-refractivity contribution is -0.138. The van der Waals surface area contributed by atoms with Crippen molar-refractivity contribution in [3.63, 3.8) is 0 Å². The quantitative estimate of drug-likeness (QED) is 0.563. The molecule has 0 aliphatic heterocycles. The van der Waals surface area contributed by atoms with E-state index in [0.717, 1.165) is 0 Å². The minimum absolute atomic E-state index is 0.266. The van der Waals surface area contributed by atoms with Crippen molar-refractivity contribution in [3.05, 3.63) is 24.0 Å². The SMILES string of the molecule is Nc1ccnc([C@@H](N)C(=O)O)c1. The van der Waals surface area contributed by atoms with Crippen LogP contribution in [0.5, 0.6) is 0 Å². The van der Waals surface area contributed by atoms with E-state index in [1.807, 2.05) is 0 Å². The molecule has 64 valence electrons. The molecule has 0 unspecified atom stereocenters. The third-order valence-electron chi connectivity index (χ3n) is 1.39. The normalized spacial score (nSPS) is 12.4. The van der Waals surface area contributed by atoms with Gasteiger partial charge in [0.2, 0.25) is 0 Å². The number of aromatic nitrogens is 1. The zero-order valence-corrected chi connectivity index (χ0v) is 6.27. The minimum Gasteiger partial charge on any atom is -0.480 e. The van der Waals surface area contributed by atoms with Crippen molar-refractivity contribution >= 4 is 11.7 Å². The molecule has 0 aliphatic rings. The fraction of sp³-hybridized carbons (Fsp3) is 0.143. The van der Waals surface area contributed by atoms with Crippen LogP contribution in [-0.2, 0) is 4.79 Å². The molecule has 5 nitrogen and oxygen atoms in total. The number of nitrogen functional groups attached to an aromatic ring is 1. The van der Waals surface area contributed by atoms with E-state index in [-0.39, 0.29) is 5.69 Å². The van der Waals surface area contributed by atoms with Gasteiger partial charge in [0.05, 0.1) is 5.69 Å². The van der Waals surface area contributed by atoms with Crippen LogP contribution in [0.25, 0.3) is 0 Å². The van der Waals surface area contributed by atoms with Crippen molar-refractivity contribution in [2.24, 2.45) is 5.73 Å². The maximum absolute atomic E-state index is 10.4. The number of carboxylic acids is 1. The van der Waals surface area contributed by atoms with E-state index in [1.54, 1.807) is 6.07 Å². The van der Waals surface area contributed by atoms with Gasteiger partial charge >= 0.3 is 5.97 Å². The zero-order chi connectivity index (χ0) is 9.14. The first kappa shape index (κ1) is 8.48. The maximum atomic E-state index is 10.4. The third-order valence-corrected chi connectivity index (χ3v) is 1.39. The van der Waals surface area contributed by atoms with Gasteiger partial charge in [0, 0.05) is 11.9 Å². The van der Waals surface area contributed by atoms with Gasteiger partial charge in [-0.3, -0.25) is 9.78 Å². The Balaban J connectivity index is 2.95. The van der Waals surface area contributed by atoms with Gasteiger partial charge in [0.15, 0.2) is 0 Å². The summed E-state index contributed by atoms with van der Waals surface area (Å²) < 4.78 is 0. The molecule has 0 amide bonds. The molecule has 1 rings (SSSR count). The predicted octanol–water partition coefficient (Wildman–Crippen LogP) is -0.252. The van der Waals surface area contributed by atoms with Crippen LogP contribution in [0, 0.1) is 0 Å². The number of pyridine rings is 1. The van der Waals surface area contributed by atoms with Crippen molar-refractivity contribution in [2.75, 3.05) is 5.73 Å². The highest BCUT2D eigenvalue weighted by atomic mass is 16.4.